The number of aryl methyl sites for hydroxylation is 1. The average Bonchev–Trinajstić information content (AvgIpc) is 2.29. The Morgan fingerprint density at radius 3 is 2.24 bits per heavy atom. The molecule has 0 N–H and O–H groups in total. The van der Waals surface area contributed by atoms with Crippen LogP contribution in [-0.2, 0) is 0 Å². The van der Waals surface area contributed by atoms with E-state index in [9.17, 15) is 4.79 Å². The van der Waals surface area contributed by atoms with Crippen molar-refractivity contribution < 1.29 is 4.79 Å². The second-order valence-corrected chi connectivity index (χ2v) is 4.70. The van der Waals surface area contributed by atoms with Gasteiger partial charge in [0, 0.05) is 18.7 Å². The van der Waals surface area contributed by atoms with Crippen LogP contribution in [0.3, 0.4) is 0 Å². The van der Waals surface area contributed by atoms with E-state index in [2.05, 4.69) is 26.8 Å². The summed E-state index contributed by atoms with van der Waals surface area (Å²) < 4.78 is 0. The van der Waals surface area contributed by atoms with Gasteiger partial charge in [-0.2, -0.15) is 0 Å². The topological polar surface area (TPSA) is 20.3 Å². The molecular weight excluding hydrogens is 210 g/mol. The fraction of sp³-hybridized carbons (Fsp3) is 0.533. The van der Waals surface area contributed by atoms with E-state index < -0.39 is 0 Å². The van der Waals surface area contributed by atoms with Gasteiger partial charge in [-0.1, -0.05) is 19.9 Å². The molecule has 1 aromatic carbocycles. The third-order valence-corrected chi connectivity index (χ3v) is 3.19. The molecule has 0 aliphatic carbocycles. The molecular formula is C15H23NO. The van der Waals surface area contributed by atoms with Crippen LogP contribution < -0.4 is 0 Å². The van der Waals surface area contributed by atoms with Crippen LogP contribution in [0.25, 0.3) is 0 Å². The fourth-order valence-corrected chi connectivity index (χ4v) is 2.15. The molecule has 2 nitrogen and oxygen atoms in total. The number of hydrogen-bond donors (Lipinski definition) is 0. The van der Waals surface area contributed by atoms with Crippen molar-refractivity contribution in [2.75, 3.05) is 13.1 Å². The van der Waals surface area contributed by atoms with Gasteiger partial charge in [0.2, 0.25) is 0 Å². The van der Waals surface area contributed by atoms with Crippen LogP contribution in [-0.4, -0.2) is 23.9 Å². The Hall–Kier alpha value is -1.31. The molecule has 0 atom stereocenters. The van der Waals surface area contributed by atoms with Gasteiger partial charge in [-0.25, -0.2) is 0 Å². The van der Waals surface area contributed by atoms with E-state index in [1.54, 1.807) is 0 Å². The van der Waals surface area contributed by atoms with Gasteiger partial charge in [-0.3, -0.25) is 4.79 Å². The van der Waals surface area contributed by atoms with Crippen molar-refractivity contribution in [1.82, 2.24) is 4.90 Å². The SMILES string of the molecule is CCN(CC)C(=O)c1ccc(C(C)C)c(C)c1. The lowest BCUT2D eigenvalue weighted by Crippen LogP contribution is -2.30. The first-order valence-electron chi connectivity index (χ1n) is 6.41. The van der Waals surface area contributed by atoms with Crippen molar-refractivity contribution in [3.8, 4) is 0 Å². The zero-order chi connectivity index (χ0) is 13.0. The second-order valence-electron chi connectivity index (χ2n) is 4.70. The quantitative estimate of drug-likeness (QED) is 0.778. The Morgan fingerprint density at radius 2 is 1.82 bits per heavy atom. The van der Waals surface area contributed by atoms with Crippen molar-refractivity contribution in [2.24, 2.45) is 0 Å². The minimum atomic E-state index is 0.133. The molecule has 0 aliphatic rings. The predicted molar refractivity (Wildman–Crippen MR) is 72.5 cm³/mol. The average molecular weight is 233 g/mol. The summed E-state index contributed by atoms with van der Waals surface area (Å²) in [6.07, 6.45) is 0. The van der Waals surface area contributed by atoms with Gasteiger partial charge in [0.1, 0.15) is 0 Å². The van der Waals surface area contributed by atoms with Gasteiger partial charge >= 0.3 is 0 Å². The highest BCUT2D eigenvalue weighted by atomic mass is 16.2. The smallest absolute Gasteiger partial charge is 0.253 e. The Balaban J connectivity index is 3.01. The van der Waals surface area contributed by atoms with E-state index in [-0.39, 0.29) is 5.91 Å². The van der Waals surface area contributed by atoms with Gasteiger partial charge in [0.15, 0.2) is 0 Å². The summed E-state index contributed by atoms with van der Waals surface area (Å²) in [6.45, 7) is 12.0. The normalized spacial score (nSPS) is 10.7. The molecule has 2 heteroatoms. The Bertz CT molecular complexity index is 392. The molecule has 0 saturated heterocycles. The van der Waals surface area contributed by atoms with Gasteiger partial charge in [0.25, 0.3) is 5.91 Å². The molecule has 0 fully saturated rings. The van der Waals surface area contributed by atoms with Crippen LogP contribution in [0.2, 0.25) is 0 Å². The first-order valence-corrected chi connectivity index (χ1v) is 6.41. The van der Waals surface area contributed by atoms with E-state index in [1.807, 2.05) is 30.9 Å². The number of carbonyl (C=O) groups excluding carboxylic acids is 1. The van der Waals surface area contributed by atoms with Crippen LogP contribution in [0.1, 0.15) is 55.1 Å². The summed E-state index contributed by atoms with van der Waals surface area (Å²) in [6, 6.07) is 6.04. The third kappa shape index (κ3) is 3.09. The molecule has 0 spiro atoms. The van der Waals surface area contributed by atoms with Crippen molar-refractivity contribution in [3.05, 3.63) is 34.9 Å². The molecule has 94 valence electrons. The first kappa shape index (κ1) is 13.8. The molecule has 1 amide bonds. The van der Waals surface area contributed by atoms with Crippen molar-refractivity contribution >= 4 is 5.91 Å². The first-order chi connectivity index (χ1) is 8.01. The molecule has 17 heavy (non-hydrogen) atoms. The van der Waals surface area contributed by atoms with E-state index in [0.717, 1.165) is 18.7 Å². The van der Waals surface area contributed by atoms with Gasteiger partial charge in [-0.15, -0.1) is 0 Å². The summed E-state index contributed by atoms with van der Waals surface area (Å²) >= 11 is 0. The number of carbonyl (C=O) groups is 1. The largest absolute Gasteiger partial charge is 0.339 e. The van der Waals surface area contributed by atoms with E-state index in [4.69, 9.17) is 0 Å². The van der Waals surface area contributed by atoms with Crippen molar-refractivity contribution in [1.29, 1.82) is 0 Å². The molecule has 0 heterocycles. The Kier molecular flexibility index (Phi) is 4.73. The van der Waals surface area contributed by atoms with Gasteiger partial charge < -0.3 is 4.90 Å². The molecule has 0 aliphatic heterocycles. The monoisotopic (exact) mass is 233 g/mol. The minimum Gasteiger partial charge on any atom is -0.339 e. The van der Waals surface area contributed by atoms with E-state index >= 15 is 0 Å². The molecule has 0 radical (unpaired) electrons. The molecule has 0 unspecified atom stereocenters. The fourth-order valence-electron chi connectivity index (χ4n) is 2.15. The summed E-state index contributed by atoms with van der Waals surface area (Å²) in [5.41, 5.74) is 3.33. The lowest BCUT2D eigenvalue weighted by atomic mass is 9.96. The molecule has 1 rings (SSSR count). The van der Waals surface area contributed by atoms with Gasteiger partial charge in [-0.05, 0) is 49.9 Å². The lowest BCUT2D eigenvalue weighted by Gasteiger charge is -2.19. The van der Waals surface area contributed by atoms with Crippen LogP contribution in [0.15, 0.2) is 18.2 Å². The summed E-state index contributed by atoms with van der Waals surface area (Å²) in [5.74, 6) is 0.640. The molecule has 1 aromatic rings. The van der Waals surface area contributed by atoms with E-state index in [0.29, 0.717) is 5.92 Å². The predicted octanol–water partition coefficient (Wildman–Crippen LogP) is 3.60. The highest BCUT2D eigenvalue weighted by Gasteiger charge is 2.13. The number of nitrogens with zero attached hydrogens (tertiary/aromatic N) is 1. The molecule has 0 aromatic heterocycles. The maximum absolute atomic E-state index is 12.2. The zero-order valence-corrected chi connectivity index (χ0v) is 11.6. The Labute approximate surface area is 105 Å². The maximum Gasteiger partial charge on any atom is 0.253 e. The highest BCUT2D eigenvalue weighted by Crippen LogP contribution is 2.20. The highest BCUT2D eigenvalue weighted by molar-refractivity contribution is 5.94. The van der Waals surface area contributed by atoms with Crippen LogP contribution in [0, 0.1) is 6.92 Å². The number of rotatable bonds is 4. The summed E-state index contributed by atoms with van der Waals surface area (Å²) in [7, 11) is 0. The number of amides is 1. The van der Waals surface area contributed by atoms with Crippen LogP contribution in [0.5, 0.6) is 0 Å². The standard InChI is InChI=1S/C15H23NO/c1-6-16(7-2)15(17)13-8-9-14(11(3)4)12(5)10-13/h8-11H,6-7H2,1-5H3. The number of benzene rings is 1. The number of hydrogen-bond acceptors (Lipinski definition) is 1. The molecule has 0 saturated carbocycles. The lowest BCUT2D eigenvalue weighted by molar-refractivity contribution is 0.0773. The van der Waals surface area contributed by atoms with E-state index in [1.165, 1.54) is 11.1 Å². The third-order valence-electron chi connectivity index (χ3n) is 3.19. The van der Waals surface area contributed by atoms with Gasteiger partial charge in [0.05, 0.1) is 0 Å². The Morgan fingerprint density at radius 1 is 1.24 bits per heavy atom. The van der Waals surface area contributed by atoms with Crippen LogP contribution in [0.4, 0.5) is 0 Å². The zero-order valence-electron chi connectivity index (χ0n) is 11.6. The maximum atomic E-state index is 12.2. The second kappa shape index (κ2) is 5.85. The van der Waals surface area contributed by atoms with Crippen molar-refractivity contribution in [2.45, 2.75) is 40.5 Å². The minimum absolute atomic E-state index is 0.133. The van der Waals surface area contributed by atoms with Crippen LogP contribution >= 0.6 is 0 Å². The van der Waals surface area contributed by atoms with Crippen molar-refractivity contribution in [3.63, 3.8) is 0 Å². The molecule has 0 bridgehead atoms. The summed E-state index contributed by atoms with van der Waals surface area (Å²) in [4.78, 5) is 14.0. The summed E-state index contributed by atoms with van der Waals surface area (Å²) in [5, 5.41) is 0.